The van der Waals surface area contributed by atoms with Crippen LogP contribution in [0, 0.1) is 0 Å². The molecule has 1 fully saturated rings. The van der Waals surface area contributed by atoms with Gasteiger partial charge in [-0.05, 0) is 30.7 Å². The first-order chi connectivity index (χ1) is 9.78. The first-order valence-electron chi connectivity index (χ1n) is 6.99. The van der Waals surface area contributed by atoms with Gasteiger partial charge in [0.25, 0.3) is 0 Å². The van der Waals surface area contributed by atoms with E-state index in [1.54, 1.807) is 7.11 Å². The van der Waals surface area contributed by atoms with Crippen molar-refractivity contribution in [3.05, 3.63) is 29.3 Å². The lowest BCUT2D eigenvalue weighted by Gasteiger charge is -2.32. The van der Waals surface area contributed by atoms with Crippen LogP contribution >= 0.6 is 11.6 Å². The molecule has 4 nitrogen and oxygen atoms in total. The molecule has 5 heteroatoms. The average molecular weight is 300 g/mol. The van der Waals surface area contributed by atoms with Crippen LogP contribution in [0.4, 0.5) is 0 Å². The predicted molar refractivity (Wildman–Crippen MR) is 79.6 cm³/mol. The zero-order valence-electron chi connectivity index (χ0n) is 11.9. The molecule has 1 atom stereocenters. The summed E-state index contributed by atoms with van der Waals surface area (Å²) in [6.45, 7) is 5.05. The highest BCUT2D eigenvalue weighted by Gasteiger charge is 2.19. The van der Waals surface area contributed by atoms with Crippen molar-refractivity contribution < 1.29 is 14.2 Å². The van der Waals surface area contributed by atoms with E-state index in [4.69, 9.17) is 25.8 Å². The Labute approximate surface area is 125 Å². The van der Waals surface area contributed by atoms with Crippen molar-refractivity contribution in [3.8, 4) is 5.75 Å². The van der Waals surface area contributed by atoms with E-state index in [0.29, 0.717) is 6.61 Å². The fraction of sp³-hybridized carbons (Fsp3) is 0.600. The van der Waals surface area contributed by atoms with Crippen molar-refractivity contribution in [2.45, 2.75) is 12.5 Å². The molecule has 1 aliphatic rings. The lowest BCUT2D eigenvalue weighted by Crippen LogP contribution is -2.44. The minimum atomic E-state index is 0.277. The second-order valence-electron chi connectivity index (χ2n) is 4.88. The summed E-state index contributed by atoms with van der Waals surface area (Å²) in [5, 5.41) is 0.728. The summed E-state index contributed by atoms with van der Waals surface area (Å²) in [5.41, 5.74) is 0. The van der Waals surface area contributed by atoms with E-state index < -0.39 is 0 Å². The molecule has 112 valence electrons. The molecule has 2 rings (SSSR count). The zero-order valence-corrected chi connectivity index (χ0v) is 12.6. The molecule has 1 saturated heterocycles. The number of hydrogen-bond acceptors (Lipinski definition) is 4. The van der Waals surface area contributed by atoms with Gasteiger partial charge < -0.3 is 14.2 Å². The molecule has 0 radical (unpaired) electrons. The standard InChI is InChI=1S/C15H22ClNO3/c1-18-9-6-15-12-17(8-11-20-15)7-10-19-14-4-2-13(16)3-5-14/h2-5,15H,6-12H2,1H3/t15-/m0/s1. The van der Waals surface area contributed by atoms with Crippen LogP contribution < -0.4 is 4.74 Å². The van der Waals surface area contributed by atoms with Crippen molar-refractivity contribution >= 4 is 11.6 Å². The number of hydrogen-bond donors (Lipinski definition) is 0. The molecule has 0 spiro atoms. The molecule has 0 unspecified atom stereocenters. The van der Waals surface area contributed by atoms with Crippen LogP contribution in [0.5, 0.6) is 5.75 Å². The molecule has 0 aliphatic carbocycles. The highest BCUT2D eigenvalue weighted by atomic mass is 35.5. The summed E-state index contributed by atoms with van der Waals surface area (Å²) in [4.78, 5) is 2.37. The Bertz CT molecular complexity index is 385. The van der Waals surface area contributed by atoms with E-state index in [0.717, 1.165) is 50.0 Å². The van der Waals surface area contributed by atoms with Gasteiger partial charge in [-0.1, -0.05) is 11.6 Å². The van der Waals surface area contributed by atoms with Crippen LogP contribution in [0.25, 0.3) is 0 Å². The molecule has 0 N–H and O–H groups in total. The summed E-state index contributed by atoms with van der Waals surface area (Å²) in [5.74, 6) is 0.860. The van der Waals surface area contributed by atoms with Gasteiger partial charge >= 0.3 is 0 Å². The Morgan fingerprint density at radius 3 is 2.85 bits per heavy atom. The zero-order chi connectivity index (χ0) is 14.2. The van der Waals surface area contributed by atoms with E-state index in [9.17, 15) is 0 Å². The molecule has 1 aliphatic heterocycles. The highest BCUT2D eigenvalue weighted by Crippen LogP contribution is 2.15. The number of methoxy groups -OCH3 is 1. The van der Waals surface area contributed by atoms with Gasteiger partial charge in [-0.25, -0.2) is 0 Å². The van der Waals surface area contributed by atoms with Gasteiger partial charge in [-0.3, -0.25) is 4.90 Å². The van der Waals surface area contributed by atoms with Crippen LogP contribution in [0.3, 0.4) is 0 Å². The first-order valence-corrected chi connectivity index (χ1v) is 7.37. The summed E-state index contributed by atoms with van der Waals surface area (Å²) < 4.78 is 16.5. The number of halogens is 1. The van der Waals surface area contributed by atoms with Crippen molar-refractivity contribution in [2.75, 3.05) is 46.6 Å². The van der Waals surface area contributed by atoms with Gasteiger partial charge in [0.05, 0.1) is 12.7 Å². The number of nitrogens with zero attached hydrogens (tertiary/aromatic N) is 1. The third-order valence-corrected chi connectivity index (χ3v) is 3.61. The number of ether oxygens (including phenoxy) is 3. The average Bonchev–Trinajstić information content (AvgIpc) is 2.48. The van der Waals surface area contributed by atoms with Gasteiger partial charge in [0.2, 0.25) is 0 Å². The minimum Gasteiger partial charge on any atom is -0.492 e. The Morgan fingerprint density at radius 2 is 2.10 bits per heavy atom. The molecule has 0 amide bonds. The molecule has 0 bridgehead atoms. The quantitative estimate of drug-likeness (QED) is 0.774. The maximum Gasteiger partial charge on any atom is 0.119 e. The summed E-state index contributed by atoms with van der Waals surface area (Å²) >= 11 is 5.84. The molecular weight excluding hydrogens is 278 g/mol. The van der Waals surface area contributed by atoms with E-state index in [1.807, 2.05) is 24.3 Å². The third kappa shape index (κ3) is 5.29. The smallest absolute Gasteiger partial charge is 0.119 e. The lowest BCUT2D eigenvalue weighted by atomic mass is 10.2. The summed E-state index contributed by atoms with van der Waals surface area (Å²) in [6.07, 6.45) is 1.23. The molecule has 0 saturated carbocycles. The number of rotatable bonds is 7. The van der Waals surface area contributed by atoms with Crippen molar-refractivity contribution in [1.82, 2.24) is 4.90 Å². The van der Waals surface area contributed by atoms with Crippen LogP contribution in [0.1, 0.15) is 6.42 Å². The fourth-order valence-electron chi connectivity index (χ4n) is 2.23. The number of benzene rings is 1. The van der Waals surface area contributed by atoms with Gasteiger partial charge in [-0.15, -0.1) is 0 Å². The monoisotopic (exact) mass is 299 g/mol. The third-order valence-electron chi connectivity index (χ3n) is 3.36. The number of morpholine rings is 1. The molecular formula is C15H22ClNO3. The molecule has 0 aromatic heterocycles. The molecule has 20 heavy (non-hydrogen) atoms. The molecule has 1 heterocycles. The van der Waals surface area contributed by atoms with E-state index in [-0.39, 0.29) is 6.10 Å². The SMILES string of the molecule is COCC[C@H]1CN(CCOc2ccc(Cl)cc2)CCO1. The van der Waals surface area contributed by atoms with E-state index in [1.165, 1.54) is 0 Å². The normalized spacial score (nSPS) is 20.0. The van der Waals surface area contributed by atoms with Crippen molar-refractivity contribution in [2.24, 2.45) is 0 Å². The van der Waals surface area contributed by atoms with Crippen LogP contribution in [0.15, 0.2) is 24.3 Å². The molecule has 1 aromatic rings. The predicted octanol–water partition coefficient (Wildman–Crippen LogP) is 2.46. The van der Waals surface area contributed by atoms with Gasteiger partial charge in [-0.2, -0.15) is 0 Å². The maximum absolute atomic E-state index is 5.84. The van der Waals surface area contributed by atoms with Crippen LogP contribution in [0.2, 0.25) is 5.02 Å². The fourth-order valence-corrected chi connectivity index (χ4v) is 2.36. The van der Waals surface area contributed by atoms with Gasteiger partial charge in [0, 0.05) is 38.4 Å². The Morgan fingerprint density at radius 1 is 1.30 bits per heavy atom. The summed E-state index contributed by atoms with van der Waals surface area (Å²) in [7, 11) is 1.72. The second-order valence-corrected chi connectivity index (χ2v) is 5.31. The first kappa shape index (κ1) is 15.6. The summed E-state index contributed by atoms with van der Waals surface area (Å²) in [6, 6.07) is 7.46. The second kappa shape index (κ2) is 8.47. The Hall–Kier alpha value is -0.810. The Kier molecular flexibility index (Phi) is 6.60. The van der Waals surface area contributed by atoms with Crippen molar-refractivity contribution in [3.63, 3.8) is 0 Å². The van der Waals surface area contributed by atoms with E-state index in [2.05, 4.69) is 4.90 Å². The lowest BCUT2D eigenvalue weighted by molar-refractivity contribution is -0.0430. The Balaban J connectivity index is 1.67. The van der Waals surface area contributed by atoms with Gasteiger partial charge in [0.15, 0.2) is 0 Å². The topological polar surface area (TPSA) is 30.9 Å². The highest BCUT2D eigenvalue weighted by molar-refractivity contribution is 6.30. The largest absolute Gasteiger partial charge is 0.492 e. The molecule has 1 aromatic carbocycles. The van der Waals surface area contributed by atoms with Crippen LogP contribution in [-0.4, -0.2) is 57.6 Å². The van der Waals surface area contributed by atoms with E-state index >= 15 is 0 Å². The van der Waals surface area contributed by atoms with Crippen LogP contribution in [-0.2, 0) is 9.47 Å². The minimum absolute atomic E-state index is 0.277. The van der Waals surface area contributed by atoms with Gasteiger partial charge in [0.1, 0.15) is 12.4 Å². The maximum atomic E-state index is 5.84. The van der Waals surface area contributed by atoms with Crippen molar-refractivity contribution in [1.29, 1.82) is 0 Å².